The Bertz CT molecular complexity index is 489. The quantitative estimate of drug-likeness (QED) is 0.850. The molecule has 0 aliphatic carbocycles. The van der Waals surface area contributed by atoms with Crippen LogP contribution in [0.15, 0.2) is 24.5 Å². The number of nitrogens with zero attached hydrogens (tertiary/aromatic N) is 3. The average Bonchev–Trinajstić information content (AvgIpc) is 2.75. The molecule has 1 N–H and O–H groups in total. The highest BCUT2D eigenvalue weighted by Crippen LogP contribution is 2.10. The van der Waals surface area contributed by atoms with E-state index in [-0.39, 0.29) is 0 Å². The van der Waals surface area contributed by atoms with Gasteiger partial charge in [0.15, 0.2) is 5.65 Å². The van der Waals surface area contributed by atoms with E-state index < -0.39 is 0 Å². The van der Waals surface area contributed by atoms with E-state index in [2.05, 4.69) is 42.2 Å². The van der Waals surface area contributed by atoms with Gasteiger partial charge >= 0.3 is 0 Å². The third kappa shape index (κ3) is 3.29. The molecular weight excluding hydrogens is 224 g/mol. The summed E-state index contributed by atoms with van der Waals surface area (Å²) in [6.45, 7) is 7.68. The van der Waals surface area contributed by atoms with Crippen molar-refractivity contribution in [2.24, 2.45) is 5.92 Å². The third-order valence-corrected chi connectivity index (χ3v) is 3.02. The summed E-state index contributed by atoms with van der Waals surface area (Å²) in [4.78, 5) is 4.63. The van der Waals surface area contributed by atoms with Gasteiger partial charge in [0.25, 0.3) is 0 Å². The van der Waals surface area contributed by atoms with Gasteiger partial charge in [-0.3, -0.25) is 0 Å². The minimum absolute atomic E-state index is 0.507. The van der Waals surface area contributed by atoms with E-state index in [1.54, 1.807) is 10.7 Å². The first-order chi connectivity index (χ1) is 8.69. The van der Waals surface area contributed by atoms with Crippen molar-refractivity contribution in [1.29, 1.82) is 0 Å². The summed E-state index contributed by atoms with van der Waals surface area (Å²) in [6, 6.07) is 4.51. The zero-order valence-corrected chi connectivity index (χ0v) is 11.4. The molecule has 1 unspecified atom stereocenters. The first-order valence-corrected chi connectivity index (χ1v) is 6.71. The second kappa shape index (κ2) is 5.96. The summed E-state index contributed by atoms with van der Waals surface area (Å²) >= 11 is 0. The lowest BCUT2D eigenvalue weighted by Gasteiger charge is -2.19. The maximum atomic E-state index is 4.63. The molecule has 0 saturated heterocycles. The van der Waals surface area contributed by atoms with Crippen molar-refractivity contribution in [3.05, 3.63) is 30.2 Å². The standard InChI is InChI=1S/C14H22N4/c1-4-15-13(9-11(2)3)10-12-6-8-18-14(17-12)5-7-16-18/h5-8,11,13,15H,4,9-10H2,1-3H3. The third-order valence-electron chi connectivity index (χ3n) is 3.02. The molecule has 0 aliphatic heterocycles. The first kappa shape index (κ1) is 13.0. The van der Waals surface area contributed by atoms with Crippen LogP contribution in [0.25, 0.3) is 5.65 Å². The summed E-state index contributed by atoms with van der Waals surface area (Å²) in [7, 11) is 0. The van der Waals surface area contributed by atoms with Crippen LogP contribution in [0.5, 0.6) is 0 Å². The predicted octanol–water partition coefficient (Wildman–Crippen LogP) is 2.30. The fourth-order valence-electron chi connectivity index (χ4n) is 2.31. The fourth-order valence-corrected chi connectivity index (χ4v) is 2.31. The molecule has 0 spiro atoms. The number of aromatic nitrogens is 3. The van der Waals surface area contributed by atoms with E-state index in [1.807, 2.05) is 12.3 Å². The van der Waals surface area contributed by atoms with E-state index in [4.69, 9.17) is 0 Å². The van der Waals surface area contributed by atoms with Crippen LogP contribution >= 0.6 is 0 Å². The minimum atomic E-state index is 0.507. The highest BCUT2D eigenvalue weighted by atomic mass is 15.2. The first-order valence-electron chi connectivity index (χ1n) is 6.71. The molecule has 0 saturated carbocycles. The Hall–Kier alpha value is -1.42. The van der Waals surface area contributed by atoms with Gasteiger partial charge in [-0.05, 0) is 24.9 Å². The zero-order chi connectivity index (χ0) is 13.0. The molecule has 0 aromatic carbocycles. The van der Waals surface area contributed by atoms with Gasteiger partial charge in [-0.25, -0.2) is 9.50 Å². The van der Waals surface area contributed by atoms with Crippen molar-refractivity contribution in [3.8, 4) is 0 Å². The lowest BCUT2D eigenvalue weighted by Crippen LogP contribution is -2.32. The molecule has 0 fully saturated rings. The smallest absolute Gasteiger partial charge is 0.155 e. The van der Waals surface area contributed by atoms with Crippen LogP contribution in [0.1, 0.15) is 32.9 Å². The summed E-state index contributed by atoms with van der Waals surface area (Å²) < 4.78 is 1.80. The Kier molecular flexibility index (Phi) is 4.31. The van der Waals surface area contributed by atoms with Crippen LogP contribution in [-0.4, -0.2) is 27.2 Å². The monoisotopic (exact) mass is 246 g/mol. The normalized spacial score (nSPS) is 13.3. The van der Waals surface area contributed by atoms with Crippen molar-refractivity contribution in [2.45, 2.75) is 39.7 Å². The number of nitrogens with one attached hydrogen (secondary N) is 1. The highest BCUT2D eigenvalue weighted by Gasteiger charge is 2.11. The molecule has 4 nitrogen and oxygen atoms in total. The molecule has 0 amide bonds. The van der Waals surface area contributed by atoms with Crippen LogP contribution in [0.3, 0.4) is 0 Å². The van der Waals surface area contributed by atoms with Crippen LogP contribution < -0.4 is 5.32 Å². The molecule has 2 rings (SSSR count). The molecule has 1 atom stereocenters. The fraction of sp³-hybridized carbons (Fsp3) is 0.571. The van der Waals surface area contributed by atoms with E-state index in [0.29, 0.717) is 12.0 Å². The molecule has 18 heavy (non-hydrogen) atoms. The Balaban J connectivity index is 2.09. The lowest BCUT2D eigenvalue weighted by molar-refractivity contribution is 0.421. The Morgan fingerprint density at radius 3 is 2.89 bits per heavy atom. The summed E-state index contributed by atoms with van der Waals surface area (Å²) in [5.74, 6) is 0.702. The van der Waals surface area contributed by atoms with Crippen molar-refractivity contribution in [1.82, 2.24) is 19.9 Å². The number of hydrogen-bond donors (Lipinski definition) is 1. The van der Waals surface area contributed by atoms with E-state index in [1.165, 1.54) is 6.42 Å². The van der Waals surface area contributed by atoms with Gasteiger partial charge in [0.1, 0.15) is 0 Å². The van der Waals surface area contributed by atoms with E-state index in [9.17, 15) is 0 Å². The number of rotatable bonds is 6. The van der Waals surface area contributed by atoms with Gasteiger partial charge in [0, 0.05) is 30.4 Å². The van der Waals surface area contributed by atoms with E-state index >= 15 is 0 Å². The maximum Gasteiger partial charge on any atom is 0.155 e. The lowest BCUT2D eigenvalue weighted by atomic mass is 9.99. The van der Waals surface area contributed by atoms with Crippen molar-refractivity contribution in [3.63, 3.8) is 0 Å². The summed E-state index contributed by atoms with van der Waals surface area (Å²) in [5, 5.41) is 7.70. The summed E-state index contributed by atoms with van der Waals surface area (Å²) in [6.07, 6.45) is 5.92. The molecule has 98 valence electrons. The molecule has 4 heteroatoms. The highest BCUT2D eigenvalue weighted by molar-refractivity contribution is 5.36. The Morgan fingerprint density at radius 1 is 1.33 bits per heavy atom. The topological polar surface area (TPSA) is 42.2 Å². The molecule has 0 bridgehead atoms. The van der Waals surface area contributed by atoms with Gasteiger partial charge in [0.05, 0.1) is 6.20 Å². The van der Waals surface area contributed by atoms with Crippen molar-refractivity contribution < 1.29 is 0 Å². The molecule has 2 aromatic heterocycles. The van der Waals surface area contributed by atoms with Crippen molar-refractivity contribution in [2.75, 3.05) is 6.54 Å². The Morgan fingerprint density at radius 2 is 2.17 bits per heavy atom. The SMILES string of the molecule is CCNC(Cc1ccn2nccc2n1)CC(C)C. The Labute approximate surface area is 108 Å². The van der Waals surface area contributed by atoms with E-state index in [0.717, 1.165) is 24.3 Å². The maximum absolute atomic E-state index is 4.63. The molecule has 0 radical (unpaired) electrons. The number of fused-ring (bicyclic) bond motifs is 1. The minimum Gasteiger partial charge on any atom is -0.314 e. The second-order valence-electron chi connectivity index (χ2n) is 5.14. The largest absolute Gasteiger partial charge is 0.314 e. The number of likely N-dealkylation sites (N-methyl/N-ethyl adjacent to an activating group) is 1. The number of hydrogen-bond acceptors (Lipinski definition) is 3. The average molecular weight is 246 g/mol. The van der Waals surface area contributed by atoms with Crippen LogP contribution in [0.2, 0.25) is 0 Å². The van der Waals surface area contributed by atoms with Crippen LogP contribution in [0.4, 0.5) is 0 Å². The molecule has 0 aliphatic rings. The molecular formula is C14H22N4. The molecule has 2 heterocycles. The predicted molar refractivity (Wildman–Crippen MR) is 73.6 cm³/mol. The van der Waals surface area contributed by atoms with Gasteiger partial charge in [-0.1, -0.05) is 20.8 Å². The molecule has 2 aromatic rings. The van der Waals surface area contributed by atoms with Crippen LogP contribution in [0, 0.1) is 5.92 Å². The second-order valence-corrected chi connectivity index (χ2v) is 5.14. The van der Waals surface area contributed by atoms with Crippen LogP contribution in [-0.2, 0) is 6.42 Å². The van der Waals surface area contributed by atoms with Gasteiger partial charge in [-0.15, -0.1) is 0 Å². The van der Waals surface area contributed by atoms with Gasteiger partial charge in [-0.2, -0.15) is 5.10 Å². The zero-order valence-electron chi connectivity index (χ0n) is 11.4. The van der Waals surface area contributed by atoms with Crippen molar-refractivity contribution >= 4 is 5.65 Å². The van der Waals surface area contributed by atoms with Gasteiger partial charge in [0.2, 0.25) is 0 Å². The van der Waals surface area contributed by atoms with Gasteiger partial charge < -0.3 is 5.32 Å². The summed E-state index contributed by atoms with van der Waals surface area (Å²) in [5.41, 5.74) is 2.06.